The Bertz CT molecular complexity index is 570. The molecule has 1 aliphatic heterocycles. The van der Waals surface area contributed by atoms with E-state index in [4.69, 9.17) is 4.74 Å². The highest BCUT2D eigenvalue weighted by Crippen LogP contribution is 2.54. The van der Waals surface area contributed by atoms with E-state index in [2.05, 4.69) is 44.3 Å². The van der Waals surface area contributed by atoms with Crippen LogP contribution in [0.4, 0.5) is 0 Å². The number of benzene rings is 1. The largest absolute Gasteiger partial charge is 0.488 e. The molecule has 2 bridgehead atoms. The Kier molecular flexibility index (Phi) is 3.30. The number of fused-ring (bicyclic) bond motifs is 1. The summed E-state index contributed by atoms with van der Waals surface area (Å²) >= 11 is 0. The molecule has 2 aliphatic carbocycles. The fourth-order valence-electron chi connectivity index (χ4n) is 5.32. The van der Waals surface area contributed by atoms with Crippen LogP contribution in [0.25, 0.3) is 0 Å². The van der Waals surface area contributed by atoms with E-state index in [1.54, 1.807) is 11.1 Å². The van der Waals surface area contributed by atoms with Gasteiger partial charge in [0.05, 0.1) is 0 Å². The van der Waals surface area contributed by atoms with Crippen LogP contribution in [0, 0.1) is 5.92 Å². The van der Waals surface area contributed by atoms with Gasteiger partial charge in [0.2, 0.25) is 0 Å². The van der Waals surface area contributed by atoms with Crippen LogP contribution in [0.2, 0.25) is 0 Å². The molecule has 3 atom stereocenters. The zero-order valence-electron chi connectivity index (χ0n) is 14.2. The zero-order valence-corrected chi connectivity index (χ0v) is 14.2. The van der Waals surface area contributed by atoms with Crippen molar-refractivity contribution >= 4 is 0 Å². The van der Waals surface area contributed by atoms with Crippen LogP contribution in [0.3, 0.4) is 0 Å². The molecule has 0 radical (unpaired) electrons. The molecule has 1 aromatic rings. The Labute approximate surface area is 134 Å². The smallest absolute Gasteiger partial charge is 0.120 e. The molecule has 1 aromatic carbocycles. The number of piperidine rings is 1. The summed E-state index contributed by atoms with van der Waals surface area (Å²) in [6.45, 7) is 7.59. The lowest BCUT2D eigenvalue weighted by Gasteiger charge is -2.56. The van der Waals surface area contributed by atoms with Crippen LogP contribution >= 0.6 is 0 Å². The van der Waals surface area contributed by atoms with Crippen molar-refractivity contribution in [2.24, 2.45) is 5.92 Å². The number of hydrogen-bond acceptors (Lipinski definition) is 2. The van der Waals surface area contributed by atoms with Crippen LogP contribution in [0.5, 0.6) is 5.75 Å². The third-order valence-electron chi connectivity index (χ3n) is 6.04. The number of rotatable bonds is 1. The molecule has 4 rings (SSSR count). The number of nitrogens with one attached hydrogen (secondary N) is 1. The maximum atomic E-state index is 6.17. The Morgan fingerprint density at radius 3 is 2.86 bits per heavy atom. The van der Waals surface area contributed by atoms with Gasteiger partial charge in [-0.2, -0.15) is 0 Å². The molecule has 0 amide bonds. The molecule has 0 aromatic heterocycles. The fraction of sp³-hybridized carbons (Fsp3) is 0.700. The summed E-state index contributed by atoms with van der Waals surface area (Å²) < 4.78 is 6.17. The molecule has 0 unspecified atom stereocenters. The normalized spacial score (nSPS) is 33.8. The summed E-state index contributed by atoms with van der Waals surface area (Å²) in [4.78, 5) is 0. The SMILES string of the molecule is CC(C)(C)Oc1ccc2c(c1)[C@@]13CCCC[C@H]1[C@@H](C2)NCC3. The van der Waals surface area contributed by atoms with E-state index in [-0.39, 0.29) is 5.60 Å². The molecule has 3 aliphatic rings. The topological polar surface area (TPSA) is 21.3 Å². The lowest BCUT2D eigenvalue weighted by atomic mass is 9.53. The van der Waals surface area contributed by atoms with Crippen molar-refractivity contribution in [3.05, 3.63) is 29.3 Å². The van der Waals surface area contributed by atoms with Gasteiger partial charge in [-0.15, -0.1) is 0 Å². The minimum absolute atomic E-state index is 0.122. The minimum atomic E-state index is -0.122. The van der Waals surface area contributed by atoms with Gasteiger partial charge in [0.15, 0.2) is 0 Å². The Balaban J connectivity index is 1.78. The van der Waals surface area contributed by atoms with Crippen LogP contribution in [0.15, 0.2) is 18.2 Å². The van der Waals surface area contributed by atoms with Gasteiger partial charge in [0.25, 0.3) is 0 Å². The van der Waals surface area contributed by atoms with Gasteiger partial charge in [-0.1, -0.05) is 18.9 Å². The second kappa shape index (κ2) is 4.99. The average molecular weight is 299 g/mol. The van der Waals surface area contributed by atoms with Gasteiger partial charge in [-0.25, -0.2) is 0 Å². The molecular formula is C20H29NO. The van der Waals surface area contributed by atoms with E-state index in [1.807, 2.05) is 0 Å². The highest BCUT2D eigenvalue weighted by atomic mass is 16.5. The summed E-state index contributed by atoms with van der Waals surface area (Å²) in [5.41, 5.74) is 3.50. The lowest BCUT2D eigenvalue weighted by molar-refractivity contribution is 0.0784. The first-order valence-corrected chi connectivity index (χ1v) is 9.04. The molecule has 2 nitrogen and oxygen atoms in total. The van der Waals surface area contributed by atoms with Crippen molar-refractivity contribution in [1.29, 1.82) is 0 Å². The predicted octanol–water partition coefficient (Wildman–Crippen LogP) is 4.21. The van der Waals surface area contributed by atoms with E-state index < -0.39 is 0 Å². The van der Waals surface area contributed by atoms with E-state index in [9.17, 15) is 0 Å². The quantitative estimate of drug-likeness (QED) is 0.838. The van der Waals surface area contributed by atoms with Gasteiger partial charge < -0.3 is 10.1 Å². The van der Waals surface area contributed by atoms with Crippen LogP contribution in [-0.2, 0) is 11.8 Å². The van der Waals surface area contributed by atoms with Gasteiger partial charge in [-0.05, 0) is 82.2 Å². The first kappa shape index (κ1) is 14.6. The van der Waals surface area contributed by atoms with E-state index in [0.29, 0.717) is 11.5 Å². The summed E-state index contributed by atoms with van der Waals surface area (Å²) in [5, 5.41) is 3.81. The standard InChI is InChI=1S/C20H29NO/c1-19(2,3)22-15-8-7-14-12-18-16-6-4-5-9-20(16,10-11-21-18)17(14)13-15/h7-8,13,16,18,21H,4-6,9-12H2,1-3H3/t16-,18+,20+/m0/s1. The van der Waals surface area contributed by atoms with E-state index in [1.165, 1.54) is 45.1 Å². The molecule has 1 saturated heterocycles. The van der Waals surface area contributed by atoms with E-state index in [0.717, 1.165) is 11.7 Å². The highest BCUT2D eigenvalue weighted by Gasteiger charge is 2.51. The Morgan fingerprint density at radius 2 is 2.05 bits per heavy atom. The van der Waals surface area contributed by atoms with Gasteiger partial charge >= 0.3 is 0 Å². The second-order valence-electron chi connectivity index (χ2n) is 8.56. The monoisotopic (exact) mass is 299 g/mol. The molecule has 1 saturated carbocycles. The first-order valence-electron chi connectivity index (χ1n) is 9.04. The van der Waals surface area contributed by atoms with Crippen molar-refractivity contribution in [2.45, 2.75) is 76.4 Å². The van der Waals surface area contributed by atoms with Crippen molar-refractivity contribution < 1.29 is 4.74 Å². The first-order chi connectivity index (χ1) is 10.5. The third kappa shape index (κ3) is 2.27. The maximum absolute atomic E-state index is 6.17. The van der Waals surface area contributed by atoms with Crippen LogP contribution in [0.1, 0.15) is 64.0 Å². The number of ether oxygens (including phenoxy) is 1. The van der Waals surface area contributed by atoms with Crippen LogP contribution < -0.4 is 10.1 Å². The summed E-state index contributed by atoms with van der Waals surface area (Å²) in [7, 11) is 0. The van der Waals surface area contributed by atoms with Gasteiger partial charge in [-0.3, -0.25) is 0 Å². The molecular weight excluding hydrogens is 270 g/mol. The molecule has 1 heterocycles. The molecule has 0 spiro atoms. The minimum Gasteiger partial charge on any atom is -0.488 e. The summed E-state index contributed by atoms with van der Waals surface area (Å²) in [5.74, 6) is 1.90. The molecule has 2 heteroatoms. The molecule has 22 heavy (non-hydrogen) atoms. The maximum Gasteiger partial charge on any atom is 0.120 e. The molecule has 120 valence electrons. The number of hydrogen-bond donors (Lipinski definition) is 1. The van der Waals surface area contributed by atoms with Gasteiger partial charge in [0.1, 0.15) is 11.4 Å². The highest BCUT2D eigenvalue weighted by molar-refractivity contribution is 5.45. The summed E-state index contributed by atoms with van der Waals surface area (Å²) in [6, 6.07) is 7.61. The average Bonchev–Trinajstić information content (AvgIpc) is 2.46. The lowest BCUT2D eigenvalue weighted by Crippen LogP contribution is -2.59. The van der Waals surface area contributed by atoms with Gasteiger partial charge in [0, 0.05) is 11.5 Å². The molecule has 2 fully saturated rings. The summed E-state index contributed by atoms with van der Waals surface area (Å²) in [6.07, 6.45) is 8.10. The van der Waals surface area contributed by atoms with E-state index >= 15 is 0 Å². The fourth-order valence-corrected chi connectivity index (χ4v) is 5.32. The Morgan fingerprint density at radius 1 is 1.18 bits per heavy atom. The predicted molar refractivity (Wildman–Crippen MR) is 90.6 cm³/mol. The van der Waals surface area contributed by atoms with Crippen LogP contribution in [-0.4, -0.2) is 18.2 Å². The molecule has 1 N–H and O–H groups in total. The van der Waals surface area contributed by atoms with Crippen molar-refractivity contribution in [3.63, 3.8) is 0 Å². The van der Waals surface area contributed by atoms with Crippen molar-refractivity contribution in [2.75, 3.05) is 6.54 Å². The zero-order chi connectivity index (χ0) is 15.4. The second-order valence-corrected chi connectivity index (χ2v) is 8.56. The Hall–Kier alpha value is -1.02. The van der Waals surface area contributed by atoms with Crippen molar-refractivity contribution in [1.82, 2.24) is 5.32 Å². The third-order valence-corrected chi connectivity index (χ3v) is 6.04. The van der Waals surface area contributed by atoms with Crippen molar-refractivity contribution in [3.8, 4) is 5.75 Å².